The largest absolute Gasteiger partial charge is 0.393 e. The number of rotatable bonds is 8. The zero-order valence-electron chi connectivity index (χ0n) is 19.4. The van der Waals surface area contributed by atoms with Crippen molar-refractivity contribution in [2.45, 2.75) is 109 Å². The van der Waals surface area contributed by atoms with Crippen LogP contribution in [0, 0.1) is 23.7 Å². The monoisotopic (exact) mass is 418 g/mol. The zero-order valence-corrected chi connectivity index (χ0v) is 19.4. The van der Waals surface area contributed by atoms with Crippen LogP contribution in [0.2, 0.25) is 0 Å². The number of hydrogen-bond acceptors (Lipinski definition) is 3. The van der Waals surface area contributed by atoms with Crippen LogP contribution in [0.5, 0.6) is 0 Å². The molecule has 3 heteroatoms. The van der Waals surface area contributed by atoms with Crippen LogP contribution in [0.1, 0.15) is 103 Å². The summed E-state index contributed by atoms with van der Waals surface area (Å²) in [4.78, 5) is 9.48. The number of carbonyl (C=O) groups excluding carboxylic acids is 1. The lowest BCUT2D eigenvalue weighted by molar-refractivity contribution is -0.105. The SMILES string of the molecule is C=C(C=O)CO.CCCCCC1CCC(C2=CCC(C3CCC(O)CC3)CC2)CC1. The highest BCUT2D eigenvalue weighted by atomic mass is 16.3. The lowest BCUT2D eigenvalue weighted by atomic mass is 9.69. The van der Waals surface area contributed by atoms with Gasteiger partial charge in [-0.2, -0.15) is 0 Å². The van der Waals surface area contributed by atoms with Gasteiger partial charge in [0.25, 0.3) is 0 Å². The minimum Gasteiger partial charge on any atom is -0.393 e. The van der Waals surface area contributed by atoms with Crippen LogP contribution >= 0.6 is 0 Å². The quantitative estimate of drug-likeness (QED) is 0.208. The van der Waals surface area contributed by atoms with Gasteiger partial charge in [-0.1, -0.05) is 50.8 Å². The standard InChI is InChI=1S/C23H40O.C4H6O2/c1-2-3-4-5-18-6-8-19(9-7-18)20-10-12-21(13-11-20)22-14-16-23(24)17-15-22;1-4(2-5)3-6/h10,18-19,21-24H,2-9,11-17H2,1H3;2,6H,1,3H2. The van der Waals surface area contributed by atoms with Gasteiger partial charge in [0.1, 0.15) is 6.29 Å². The van der Waals surface area contributed by atoms with Crippen molar-refractivity contribution in [2.75, 3.05) is 6.61 Å². The van der Waals surface area contributed by atoms with Gasteiger partial charge in [0, 0.05) is 5.57 Å². The molecule has 0 aromatic heterocycles. The van der Waals surface area contributed by atoms with Crippen LogP contribution in [0.4, 0.5) is 0 Å². The summed E-state index contributed by atoms with van der Waals surface area (Å²) in [5.74, 6) is 3.80. The maximum absolute atomic E-state index is 9.72. The molecule has 2 N–H and O–H groups in total. The number of hydrogen-bond donors (Lipinski definition) is 2. The predicted molar refractivity (Wildman–Crippen MR) is 125 cm³/mol. The second-order valence-electron chi connectivity index (χ2n) is 10.0. The summed E-state index contributed by atoms with van der Waals surface area (Å²) in [7, 11) is 0. The number of unbranched alkanes of at least 4 members (excludes halogenated alkanes) is 2. The highest BCUT2D eigenvalue weighted by molar-refractivity contribution is 5.72. The molecule has 2 saturated carbocycles. The van der Waals surface area contributed by atoms with E-state index in [2.05, 4.69) is 19.6 Å². The van der Waals surface area contributed by atoms with Gasteiger partial charge in [0.15, 0.2) is 0 Å². The third kappa shape index (κ3) is 8.67. The first-order valence-corrected chi connectivity index (χ1v) is 12.7. The molecule has 0 aromatic rings. The molecule has 0 aliphatic heterocycles. The summed E-state index contributed by atoms with van der Waals surface area (Å²) in [6, 6.07) is 0. The number of allylic oxidation sites excluding steroid dienone is 2. The number of aliphatic hydroxyl groups is 2. The first kappa shape index (κ1) is 25.3. The van der Waals surface area contributed by atoms with Crippen molar-refractivity contribution in [3.05, 3.63) is 23.8 Å². The van der Waals surface area contributed by atoms with E-state index >= 15 is 0 Å². The van der Waals surface area contributed by atoms with Gasteiger partial charge in [-0.25, -0.2) is 0 Å². The highest BCUT2D eigenvalue weighted by Gasteiger charge is 2.30. The molecular formula is C27H46O3. The fourth-order valence-electron chi connectivity index (χ4n) is 5.79. The van der Waals surface area contributed by atoms with E-state index in [0.717, 1.165) is 36.5 Å². The van der Waals surface area contributed by atoms with E-state index in [1.165, 1.54) is 83.5 Å². The van der Waals surface area contributed by atoms with E-state index in [1.807, 2.05) is 5.57 Å². The van der Waals surface area contributed by atoms with Crippen molar-refractivity contribution in [1.82, 2.24) is 0 Å². The molecule has 2 fully saturated rings. The maximum Gasteiger partial charge on any atom is 0.147 e. The summed E-state index contributed by atoms with van der Waals surface area (Å²) in [6.45, 7) is 5.26. The van der Waals surface area contributed by atoms with Crippen molar-refractivity contribution in [3.8, 4) is 0 Å². The average molecular weight is 419 g/mol. The van der Waals surface area contributed by atoms with E-state index in [-0.39, 0.29) is 18.3 Å². The summed E-state index contributed by atoms with van der Waals surface area (Å²) in [5, 5.41) is 17.7. The molecule has 0 bridgehead atoms. The fourth-order valence-corrected chi connectivity index (χ4v) is 5.79. The van der Waals surface area contributed by atoms with Crippen molar-refractivity contribution in [1.29, 1.82) is 0 Å². The van der Waals surface area contributed by atoms with Gasteiger partial charge >= 0.3 is 0 Å². The smallest absolute Gasteiger partial charge is 0.147 e. The molecule has 3 nitrogen and oxygen atoms in total. The summed E-state index contributed by atoms with van der Waals surface area (Å²) < 4.78 is 0. The van der Waals surface area contributed by atoms with E-state index in [1.54, 1.807) is 0 Å². The van der Waals surface area contributed by atoms with Crippen molar-refractivity contribution in [3.63, 3.8) is 0 Å². The lowest BCUT2D eigenvalue weighted by Crippen LogP contribution is -2.26. The van der Waals surface area contributed by atoms with Crippen molar-refractivity contribution < 1.29 is 15.0 Å². The molecule has 0 aromatic carbocycles. The molecule has 1 atom stereocenters. The van der Waals surface area contributed by atoms with Crippen LogP contribution in [0.15, 0.2) is 23.8 Å². The molecule has 3 aliphatic rings. The van der Waals surface area contributed by atoms with Crippen LogP contribution in [0.3, 0.4) is 0 Å². The van der Waals surface area contributed by atoms with E-state index in [4.69, 9.17) is 5.11 Å². The Morgan fingerprint density at radius 1 is 1.03 bits per heavy atom. The number of carbonyl (C=O) groups is 1. The normalized spacial score (nSPS) is 31.8. The molecule has 0 saturated heterocycles. The molecule has 3 aliphatic carbocycles. The van der Waals surface area contributed by atoms with Crippen LogP contribution in [-0.4, -0.2) is 29.2 Å². The van der Waals surface area contributed by atoms with E-state index < -0.39 is 0 Å². The average Bonchev–Trinajstić information content (AvgIpc) is 2.80. The van der Waals surface area contributed by atoms with Gasteiger partial charge in [-0.15, -0.1) is 0 Å². The van der Waals surface area contributed by atoms with Crippen LogP contribution in [0.25, 0.3) is 0 Å². The Hall–Kier alpha value is -0.930. The molecule has 0 amide bonds. The first-order valence-electron chi connectivity index (χ1n) is 12.7. The molecular weight excluding hydrogens is 372 g/mol. The molecule has 172 valence electrons. The molecule has 30 heavy (non-hydrogen) atoms. The van der Waals surface area contributed by atoms with Gasteiger partial charge in [0.2, 0.25) is 0 Å². The molecule has 0 spiro atoms. The third-order valence-corrected chi connectivity index (χ3v) is 7.85. The van der Waals surface area contributed by atoms with Crippen LogP contribution < -0.4 is 0 Å². The Bertz CT molecular complexity index is 522. The Morgan fingerprint density at radius 3 is 2.23 bits per heavy atom. The lowest BCUT2D eigenvalue weighted by Gasteiger charge is -2.37. The van der Waals surface area contributed by atoms with Crippen molar-refractivity contribution in [2.24, 2.45) is 23.7 Å². The van der Waals surface area contributed by atoms with Gasteiger partial charge in [0.05, 0.1) is 12.7 Å². The second-order valence-corrected chi connectivity index (χ2v) is 10.0. The fraction of sp³-hybridized carbons (Fsp3) is 0.815. The number of aldehydes is 1. The molecule has 3 rings (SSSR count). The summed E-state index contributed by atoms with van der Waals surface area (Å²) in [5.41, 5.74) is 2.05. The van der Waals surface area contributed by atoms with Gasteiger partial charge in [-0.3, -0.25) is 4.79 Å². The molecule has 0 heterocycles. The Labute approximate surface area is 185 Å². The number of aliphatic hydroxyl groups excluding tert-OH is 2. The minimum absolute atomic E-state index is 0.00320. The first-order chi connectivity index (χ1) is 14.6. The Morgan fingerprint density at radius 2 is 1.73 bits per heavy atom. The second kappa shape index (κ2) is 14.2. The third-order valence-electron chi connectivity index (χ3n) is 7.85. The predicted octanol–water partition coefficient (Wildman–Crippen LogP) is 6.38. The van der Waals surface area contributed by atoms with E-state index in [9.17, 15) is 9.90 Å². The van der Waals surface area contributed by atoms with Gasteiger partial charge in [-0.05, 0) is 94.3 Å². The minimum atomic E-state index is -0.233. The maximum atomic E-state index is 9.72. The summed E-state index contributed by atoms with van der Waals surface area (Å²) in [6.07, 6.45) is 23.7. The van der Waals surface area contributed by atoms with E-state index in [0.29, 0.717) is 6.29 Å². The van der Waals surface area contributed by atoms with Gasteiger partial charge < -0.3 is 10.2 Å². The molecule has 1 unspecified atom stereocenters. The summed E-state index contributed by atoms with van der Waals surface area (Å²) >= 11 is 0. The highest BCUT2D eigenvalue weighted by Crippen LogP contribution is 2.43. The Kier molecular flexibility index (Phi) is 12.0. The zero-order chi connectivity index (χ0) is 21.8. The topological polar surface area (TPSA) is 57.5 Å². The van der Waals surface area contributed by atoms with Crippen molar-refractivity contribution >= 4 is 6.29 Å². The van der Waals surface area contributed by atoms with Crippen LogP contribution in [-0.2, 0) is 4.79 Å². The Balaban J connectivity index is 0.000000469. The molecule has 0 radical (unpaired) electrons.